The number of nitrogens with one attached hydrogen (secondary N) is 1. The van der Waals surface area contributed by atoms with Gasteiger partial charge in [0.1, 0.15) is 5.75 Å². The Bertz CT molecular complexity index is 374. The van der Waals surface area contributed by atoms with Crippen LogP contribution in [-0.4, -0.2) is 19.1 Å². The normalized spacial score (nSPS) is 15.1. The van der Waals surface area contributed by atoms with Crippen molar-refractivity contribution in [1.29, 1.82) is 0 Å². The molecule has 4 heteroatoms. The maximum absolute atomic E-state index is 11.5. The van der Waals surface area contributed by atoms with E-state index in [2.05, 4.69) is 5.32 Å². The lowest BCUT2D eigenvalue weighted by molar-refractivity contribution is -0.123. The summed E-state index contributed by atoms with van der Waals surface area (Å²) in [6.07, 6.45) is 3.76. The predicted octanol–water partition coefficient (Wildman–Crippen LogP) is 2.64. The Kier molecular flexibility index (Phi) is 4.26. The number of amides is 1. The number of rotatable bonds is 5. The minimum absolute atomic E-state index is 0.0631. The van der Waals surface area contributed by atoms with E-state index in [4.69, 9.17) is 16.3 Å². The van der Waals surface area contributed by atoms with Gasteiger partial charge in [0, 0.05) is 11.6 Å². The van der Waals surface area contributed by atoms with Crippen molar-refractivity contribution in [1.82, 2.24) is 5.32 Å². The van der Waals surface area contributed by atoms with Crippen LogP contribution in [0.15, 0.2) is 24.3 Å². The summed E-state index contributed by atoms with van der Waals surface area (Å²) in [6, 6.07) is 6.98. The minimum Gasteiger partial charge on any atom is -0.484 e. The van der Waals surface area contributed by atoms with Gasteiger partial charge in [0.05, 0.1) is 0 Å². The smallest absolute Gasteiger partial charge is 0.257 e. The highest BCUT2D eigenvalue weighted by atomic mass is 35.5. The number of ether oxygens (including phenoxy) is 1. The van der Waals surface area contributed by atoms with Crippen LogP contribution in [0, 0.1) is 5.92 Å². The molecule has 17 heavy (non-hydrogen) atoms. The number of hydrogen-bond donors (Lipinski definition) is 1. The lowest BCUT2D eigenvalue weighted by atomic mass is 9.85. The third-order valence-corrected chi connectivity index (χ3v) is 3.25. The molecule has 1 aliphatic carbocycles. The van der Waals surface area contributed by atoms with Crippen molar-refractivity contribution in [2.45, 2.75) is 19.3 Å². The van der Waals surface area contributed by atoms with Crippen LogP contribution in [0.3, 0.4) is 0 Å². The molecule has 3 nitrogen and oxygen atoms in total. The van der Waals surface area contributed by atoms with Gasteiger partial charge in [-0.2, -0.15) is 0 Å². The Morgan fingerprint density at radius 3 is 2.65 bits per heavy atom. The second-order valence-electron chi connectivity index (χ2n) is 4.34. The summed E-state index contributed by atoms with van der Waals surface area (Å²) in [5.74, 6) is 1.27. The zero-order chi connectivity index (χ0) is 12.1. The Hall–Kier alpha value is -1.22. The standard InChI is InChI=1S/C13H16ClNO2/c14-11-4-6-12(7-5-11)17-9-13(16)15-8-10-2-1-3-10/h4-7,10H,1-3,8-9H2,(H,15,16). The first-order valence-electron chi connectivity index (χ1n) is 5.89. The molecule has 0 aromatic heterocycles. The van der Waals surface area contributed by atoms with E-state index >= 15 is 0 Å². The summed E-state index contributed by atoms with van der Waals surface area (Å²) in [5.41, 5.74) is 0. The third-order valence-electron chi connectivity index (χ3n) is 3.00. The molecular formula is C13H16ClNO2. The highest BCUT2D eigenvalue weighted by Gasteiger charge is 2.17. The average Bonchev–Trinajstić information content (AvgIpc) is 2.26. The van der Waals surface area contributed by atoms with E-state index in [1.807, 2.05) is 0 Å². The van der Waals surface area contributed by atoms with Gasteiger partial charge in [-0.3, -0.25) is 4.79 Å². The van der Waals surface area contributed by atoms with Crippen molar-refractivity contribution in [2.24, 2.45) is 5.92 Å². The predicted molar refractivity (Wildman–Crippen MR) is 67.3 cm³/mol. The lowest BCUT2D eigenvalue weighted by Gasteiger charge is -2.25. The first kappa shape index (κ1) is 12.2. The number of carbonyl (C=O) groups is 1. The average molecular weight is 254 g/mol. The quantitative estimate of drug-likeness (QED) is 0.876. The third kappa shape index (κ3) is 3.93. The van der Waals surface area contributed by atoms with Crippen LogP contribution in [0.1, 0.15) is 19.3 Å². The molecule has 1 aromatic carbocycles. The molecule has 0 saturated heterocycles. The molecule has 0 unspecified atom stereocenters. The molecule has 1 amide bonds. The monoisotopic (exact) mass is 253 g/mol. The largest absolute Gasteiger partial charge is 0.484 e. The van der Waals surface area contributed by atoms with Gasteiger partial charge in [-0.05, 0) is 43.0 Å². The lowest BCUT2D eigenvalue weighted by Crippen LogP contribution is -2.35. The van der Waals surface area contributed by atoms with Crippen molar-refractivity contribution in [3.8, 4) is 5.75 Å². The topological polar surface area (TPSA) is 38.3 Å². The summed E-state index contributed by atoms with van der Waals surface area (Å²) in [4.78, 5) is 11.5. The van der Waals surface area contributed by atoms with Crippen molar-refractivity contribution >= 4 is 17.5 Å². The molecule has 1 N–H and O–H groups in total. The van der Waals surface area contributed by atoms with Gasteiger partial charge >= 0.3 is 0 Å². The molecule has 1 aliphatic rings. The Morgan fingerprint density at radius 2 is 2.06 bits per heavy atom. The van der Waals surface area contributed by atoms with Crippen LogP contribution in [-0.2, 0) is 4.79 Å². The molecule has 2 rings (SSSR count). The maximum Gasteiger partial charge on any atom is 0.257 e. The SMILES string of the molecule is O=C(COc1ccc(Cl)cc1)NCC1CCC1. The van der Waals surface area contributed by atoms with Crippen LogP contribution >= 0.6 is 11.6 Å². The molecule has 1 aromatic rings. The molecule has 0 aliphatic heterocycles. The van der Waals surface area contributed by atoms with Gasteiger partial charge in [-0.15, -0.1) is 0 Å². The van der Waals surface area contributed by atoms with E-state index in [0.717, 1.165) is 6.54 Å². The molecule has 0 atom stereocenters. The molecule has 92 valence electrons. The summed E-state index contributed by atoms with van der Waals surface area (Å²) in [6.45, 7) is 0.844. The second kappa shape index (κ2) is 5.92. The number of benzene rings is 1. The first-order chi connectivity index (χ1) is 8.24. The highest BCUT2D eigenvalue weighted by Crippen LogP contribution is 2.25. The van der Waals surface area contributed by atoms with E-state index in [0.29, 0.717) is 16.7 Å². The molecule has 1 fully saturated rings. The number of carbonyl (C=O) groups excluding carboxylic acids is 1. The number of halogens is 1. The van der Waals surface area contributed by atoms with Gasteiger partial charge in [-0.1, -0.05) is 18.0 Å². The van der Waals surface area contributed by atoms with Crippen molar-refractivity contribution < 1.29 is 9.53 Å². The fourth-order valence-electron chi connectivity index (χ4n) is 1.69. The van der Waals surface area contributed by atoms with Crippen molar-refractivity contribution in [3.63, 3.8) is 0 Å². The molecule has 0 radical (unpaired) electrons. The van der Waals surface area contributed by atoms with Gasteiger partial charge in [0.25, 0.3) is 5.91 Å². The summed E-state index contributed by atoms with van der Waals surface area (Å²) in [7, 11) is 0. The highest BCUT2D eigenvalue weighted by molar-refractivity contribution is 6.30. The first-order valence-corrected chi connectivity index (χ1v) is 6.27. The summed E-state index contributed by atoms with van der Waals surface area (Å²) < 4.78 is 5.34. The van der Waals surface area contributed by atoms with E-state index in [1.165, 1.54) is 19.3 Å². The Labute approximate surface area is 106 Å². The minimum atomic E-state index is -0.0631. The van der Waals surface area contributed by atoms with Gasteiger partial charge in [-0.25, -0.2) is 0 Å². The van der Waals surface area contributed by atoms with Crippen LogP contribution in [0.4, 0.5) is 0 Å². The van der Waals surface area contributed by atoms with E-state index in [-0.39, 0.29) is 12.5 Å². The van der Waals surface area contributed by atoms with Crippen LogP contribution in [0.25, 0.3) is 0 Å². The number of hydrogen-bond acceptors (Lipinski definition) is 2. The van der Waals surface area contributed by atoms with Gasteiger partial charge in [0.2, 0.25) is 0 Å². The van der Waals surface area contributed by atoms with E-state index in [1.54, 1.807) is 24.3 Å². The fraction of sp³-hybridized carbons (Fsp3) is 0.462. The molecule has 1 saturated carbocycles. The second-order valence-corrected chi connectivity index (χ2v) is 4.78. The molecular weight excluding hydrogens is 238 g/mol. The zero-order valence-corrected chi connectivity index (χ0v) is 10.4. The van der Waals surface area contributed by atoms with Crippen LogP contribution in [0.2, 0.25) is 5.02 Å². The van der Waals surface area contributed by atoms with Crippen molar-refractivity contribution in [3.05, 3.63) is 29.3 Å². The van der Waals surface area contributed by atoms with Gasteiger partial charge < -0.3 is 10.1 Å². The Balaban J connectivity index is 1.66. The Morgan fingerprint density at radius 1 is 1.35 bits per heavy atom. The molecule has 0 heterocycles. The van der Waals surface area contributed by atoms with Crippen molar-refractivity contribution in [2.75, 3.05) is 13.2 Å². The van der Waals surface area contributed by atoms with Crippen LogP contribution in [0.5, 0.6) is 5.75 Å². The van der Waals surface area contributed by atoms with Gasteiger partial charge in [0.15, 0.2) is 6.61 Å². The van der Waals surface area contributed by atoms with E-state index in [9.17, 15) is 4.79 Å². The fourth-order valence-corrected chi connectivity index (χ4v) is 1.81. The summed E-state index contributed by atoms with van der Waals surface area (Å²) in [5, 5.41) is 3.54. The maximum atomic E-state index is 11.5. The molecule has 0 spiro atoms. The van der Waals surface area contributed by atoms with E-state index < -0.39 is 0 Å². The summed E-state index contributed by atoms with van der Waals surface area (Å²) >= 11 is 5.75. The molecule has 0 bridgehead atoms. The zero-order valence-electron chi connectivity index (χ0n) is 9.62. The van der Waals surface area contributed by atoms with Crippen LogP contribution < -0.4 is 10.1 Å².